The first-order chi connectivity index (χ1) is 11.4. The summed E-state index contributed by atoms with van der Waals surface area (Å²) in [7, 11) is 0. The Kier molecular flexibility index (Phi) is 6.60. The van der Waals surface area contributed by atoms with E-state index in [0.717, 1.165) is 6.42 Å². The largest absolute Gasteiger partial charge is 0.358 e. The summed E-state index contributed by atoms with van der Waals surface area (Å²) in [6, 6.07) is 8.03. The van der Waals surface area contributed by atoms with Gasteiger partial charge in [0.1, 0.15) is 0 Å². The molecule has 2 rings (SSSR count). The summed E-state index contributed by atoms with van der Waals surface area (Å²) in [5.74, 6) is 1.56. The number of hydrazine groups is 1. The van der Waals surface area contributed by atoms with E-state index in [1.807, 2.05) is 24.3 Å². The Balaban J connectivity index is 1.81. The molecular formula is C19H29N3OS. The van der Waals surface area contributed by atoms with Gasteiger partial charge in [0.25, 0.3) is 5.91 Å². The van der Waals surface area contributed by atoms with Crippen LogP contribution in [0.25, 0.3) is 0 Å². The SMILES string of the molecule is CC(C)c1ccc(C(=O)NNC(=S)N[C@H]2CCC[C@@H](C)[C@H]2C)cc1. The molecule has 0 bridgehead atoms. The van der Waals surface area contributed by atoms with Crippen LogP contribution in [0.4, 0.5) is 0 Å². The van der Waals surface area contributed by atoms with Crippen LogP contribution >= 0.6 is 12.2 Å². The molecule has 1 aromatic rings. The Hall–Kier alpha value is -1.62. The van der Waals surface area contributed by atoms with Gasteiger partial charge in [-0.05, 0) is 54.1 Å². The van der Waals surface area contributed by atoms with Crippen molar-refractivity contribution in [2.24, 2.45) is 11.8 Å². The van der Waals surface area contributed by atoms with E-state index in [1.165, 1.54) is 18.4 Å². The maximum atomic E-state index is 12.2. The third-order valence-corrected chi connectivity index (χ3v) is 5.37. The highest BCUT2D eigenvalue weighted by Crippen LogP contribution is 2.29. The van der Waals surface area contributed by atoms with Crippen molar-refractivity contribution in [3.8, 4) is 0 Å². The van der Waals surface area contributed by atoms with E-state index in [9.17, 15) is 4.79 Å². The number of hydrogen-bond donors (Lipinski definition) is 3. The maximum absolute atomic E-state index is 12.2. The van der Waals surface area contributed by atoms with E-state index < -0.39 is 0 Å². The molecule has 0 saturated heterocycles. The van der Waals surface area contributed by atoms with E-state index >= 15 is 0 Å². The Labute approximate surface area is 150 Å². The smallest absolute Gasteiger partial charge is 0.269 e. The van der Waals surface area contributed by atoms with Gasteiger partial charge in [-0.2, -0.15) is 0 Å². The molecule has 0 unspecified atom stereocenters. The van der Waals surface area contributed by atoms with Crippen LogP contribution in [0.2, 0.25) is 0 Å². The molecule has 1 aromatic carbocycles. The lowest BCUT2D eigenvalue weighted by molar-refractivity contribution is 0.0943. The number of thiocarbonyl (C=S) groups is 1. The second kappa shape index (κ2) is 8.47. The van der Waals surface area contributed by atoms with Gasteiger partial charge < -0.3 is 5.32 Å². The zero-order valence-corrected chi connectivity index (χ0v) is 15.9. The van der Waals surface area contributed by atoms with E-state index in [1.54, 1.807) is 0 Å². The lowest BCUT2D eigenvalue weighted by Gasteiger charge is -2.35. The zero-order valence-electron chi connectivity index (χ0n) is 15.1. The first-order valence-electron chi connectivity index (χ1n) is 8.85. The summed E-state index contributed by atoms with van der Waals surface area (Å²) in [6.45, 7) is 8.82. The van der Waals surface area contributed by atoms with Gasteiger partial charge in [0.2, 0.25) is 0 Å². The average molecular weight is 348 g/mol. The maximum Gasteiger partial charge on any atom is 0.269 e. The van der Waals surface area contributed by atoms with Crippen molar-refractivity contribution in [3.63, 3.8) is 0 Å². The van der Waals surface area contributed by atoms with Gasteiger partial charge in [0.05, 0.1) is 0 Å². The van der Waals surface area contributed by atoms with Gasteiger partial charge in [0, 0.05) is 11.6 Å². The van der Waals surface area contributed by atoms with Crippen LogP contribution in [-0.4, -0.2) is 17.1 Å². The van der Waals surface area contributed by atoms with Gasteiger partial charge in [-0.1, -0.05) is 52.7 Å². The molecule has 4 nitrogen and oxygen atoms in total. The second-order valence-corrected chi connectivity index (χ2v) is 7.61. The second-order valence-electron chi connectivity index (χ2n) is 7.20. The Morgan fingerprint density at radius 2 is 1.79 bits per heavy atom. The van der Waals surface area contributed by atoms with Crippen LogP contribution in [0.1, 0.15) is 68.8 Å². The number of benzene rings is 1. The van der Waals surface area contributed by atoms with Crippen molar-refractivity contribution in [1.29, 1.82) is 0 Å². The molecule has 1 saturated carbocycles. The molecule has 1 amide bonds. The van der Waals surface area contributed by atoms with Crippen molar-refractivity contribution in [2.45, 2.75) is 58.9 Å². The monoisotopic (exact) mass is 347 g/mol. The summed E-state index contributed by atoms with van der Waals surface area (Å²) in [5, 5.41) is 3.82. The van der Waals surface area contributed by atoms with Crippen LogP contribution in [0.5, 0.6) is 0 Å². The Bertz CT molecular complexity index is 570. The lowest BCUT2D eigenvalue weighted by atomic mass is 9.78. The number of hydrogen-bond acceptors (Lipinski definition) is 2. The van der Waals surface area contributed by atoms with E-state index in [4.69, 9.17) is 12.2 Å². The van der Waals surface area contributed by atoms with Crippen molar-refractivity contribution in [2.75, 3.05) is 0 Å². The highest BCUT2D eigenvalue weighted by Gasteiger charge is 2.27. The zero-order chi connectivity index (χ0) is 17.7. The summed E-state index contributed by atoms with van der Waals surface area (Å²) in [5.41, 5.74) is 7.33. The molecule has 132 valence electrons. The quantitative estimate of drug-likeness (QED) is 0.576. The molecule has 0 spiro atoms. The Morgan fingerprint density at radius 3 is 2.42 bits per heavy atom. The van der Waals surface area contributed by atoms with Crippen molar-refractivity contribution in [3.05, 3.63) is 35.4 Å². The molecular weight excluding hydrogens is 318 g/mol. The van der Waals surface area contributed by atoms with Crippen LogP contribution < -0.4 is 16.2 Å². The van der Waals surface area contributed by atoms with Crippen molar-refractivity contribution >= 4 is 23.2 Å². The molecule has 0 heterocycles. The molecule has 1 aliphatic carbocycles. The van der Waals surface area contributed by atoms with Crippen LogP contribution in [0.15, 0.2) is 24.3 Å². The number of amides is 1. The predicted molar refractivity (Wildman–Crippen MR) is 103 cm³/mol. The highest BCUT2D eigenvalue weighted by molar-refractivity contribution is 7.80. The number of carbonyl (C=O) groups is 1. The van der Waals surface area contributed by atoms with Gasteiger partial charge in [-0.15, -0.1) is 0 Å². The normalized spacial score (nSPS) is 23.6. The minimum Gasteiger partial charge on any atom is -0.358 e. The first kappa shape index (κ1) is 18.7. The highest BCUT2D eigenvalue weighted by atomic mass is 32.1. The summed E-state index contributed by atoms with van der Waals surface area (Å²) in [4.78, 5) is 12.2. The van der Waals surface area contributed by atoms with Crippen molar-refractivity contribution in [1.82, 2.24) is 16.2 Å². The van der Waals surface area contributed by atoms with E-state index in [2.05, 4.69) is 43.9 Å². The molecule has 1 fully saturated rings. The summed E-state index contributed by atoms with van der Waals surface area (Å²) < 4.78 is 0. The van der Waals surface area contributed by atoms with E-state index in [0.29, 0.717) is 34.5 Å². The third-order valence-electron chi connectivity index (χ3n) is 5.15. The van der Waals surface area contributed by atoms with Crippen LogP contribution in [0.3, 0.4) is 0 Å². The standard InChI is InChI=1S/C19H29N3OS/c1-12(2)15-8-10-16(11-9-15)18(23)21-22-19(24)20-17-7-5-6-13(3)14(17)4/h8-14,17H,5-7H2,1-4H3,(H,21,23)(H2,20,22,24)/t13-,14-,17+/m1/s1. The summed E-state index contributed by atoms with van der Waals surface area (Å²) >= 11 is 5.31. The van der Waals surface area contributed by atoms with Gasteiger partial charge >= 0.3 is 0 Å². The van der Waals surface area contributed by atoms with Gasteiger partial charge in [-0.3, -0.25) is 15.6 Å². The predicted octanol–water partition coefficient (Wildman–Crippen LogP) is 3.74. The van der Waals surface area contributed by atoms with Gasteiger partial charge in [0.15, 0.2) is 5.11 Å². The van der Waals surface area contributed by atoms with Crippen molar-refractivity contribution < 1.29 is 4.79 Å². The Morgan fingerprint density at radius 1 is 1.12 bits per heavy atom. The topological polar surface area (TPSA) is 53.2 Å². The minimum atomic E-state index is -0.181. The number of rotatable bonds is 3. The summed E-state index contributed by atoms with van der Waals surface area (Å²) in [6.07, 6.45) is 3.63. The first-order valence-corrected chi connectivity index (χ1v) is 9.26. The van der Waals surface area contributed by atoms with E-state index in [-0.39, 0.29) is 5.91 Å². The third kappa shape index (κ3) is 4.94. The fourth-order valence-electron chi connectivity index (χ4n) is 3.20. The lowest BCUT2D eigenvalue weighted by Crippen LogP contribution is -2.52. The molecule has 3 N–H and O–H groups in total. The molecule has 3 atom stereocenters. The minimum absolute atomic E-state index is 0.181. The molecule has 1 aliphatic rings. The molecule has 5 heteroatoms. The van der Waals surface area contributed by atoms with Crippen LogP contribution in [-0.2, 0) is 0 Å². The fourth-order valence-corrected chi connectivity index (χ4v) is 3.40. The molecule has 0 radical (unpaired) electrons. The number of carbonyl (C=O) groups excluding carboxylic acids is 1. The molecule has 0 aromatic heterocycles. The van der Waals surface area contributed by atoms with Crippen LogP contribution in [0, 0.1) is 11.8 Å². The fraction of sp³-hybridized carbons (Fsp3) is 0.579. The molecule has 24 heavy (non-hydrogen) atoms. The average Bonchev–Trinajstić information content (AvgIpc) is 2.57. The number of nitrogens with one attached hydrogen (secondary N) is 3. The molecule has 0 aliphatic heterocycles. The van der Waals surface area contributed by atoms with Gasteiger partial charge in [-0.25, -0.2) is 0 Å².